The molecule has 1 N–H and O–H groups in total. The van der Waals surface area contributed by atoms with Crippen LogP contribution in [0.25, 0.3) is 0 Å². The molecule has 0 bridgehead atoms. The van der Waals surface area contributed by atoms with Crippen LogP contribution in [0.2, 0.25) is 0 Å². The number of piperidine rings is 1. The summed E-state index contributed by atoms with van der Waals surface area (Å²) < 4.78 is 5.43. The number of ether oxygens (including phenoxy) is 1. The summed E-state index contributed by atoms with van der Waals surface area (Å²) in [6.45, 7) is 14.2. The van der Waals surface area contributed by atoms with Crippen LogP contribution in [0.4, 0.5) is 0 Å². The molecular formula is C21H41IN6O2. The SMILES string of the molecule is CN=C(NCC(C)CN1CCOCC1)N1CCN(CC(=O)N2CCCCC2)CC1.I. The maximum atomic E-state index is 12.5. The van der Waals surface area contributed by atoms with E-state index in [1.807, 2.05) is 11.9 Å². The predicted molar refractivity (Wildman–Crippen MR) is 132 cm³/mol. The zero-order valence-corrected chi connectivity index (χ0v) is 21.2. The molecule has 0 aromatic heterocycles. The van der Waals surface area contributed by atoms with E-state index in [-0.39, 0.29) is 24.0 Å². The van der Waals surface area contributed by atoms with Gasteiger partial charge in [-0.2, -0.15) is 0 Å². The molecule has 9 heteroatoms. The number of guanidine groups is 1. The van der Waals surface area contributed by atoms with Crippen molar-refractivity contribution in [3.8, 4) is 0 Å². The molecule has 0 aromatic rings. The Morgan fingerprint density at radius 2 is 1.60 bits per heavy atom. The quantitative estimate of drug-likeness (QED) is 0.308. The van der Waals surface area contributed by atoms with Crippen LogP contribution >= 0.6 is 24.0 Å². The zero-order chi connectivity index (χ0) is 20.5. The van der Waals surface area contributed by atoms with Gasteiger partial charge in [0.1, 0.15) is 0 Å². The highest BCUT2D eigenvalue weighted by Crippen LogP contribution is 2.10. The number of amides is 1. The molecule has 3 fully saturated rings. The number of nitrogens with zero attached hydrogens (tertiary/aromatic N) is 5. The van der Waals surface area contributed by atoms with Crippen molar-refractivity contribution < 1.29 is 9.53 Å². The van der Waals surface area contributed by atoms with Gasteiger partial charge in [0.2, 0.25) is 5.91 Å². The van der Waals surface area contributed by atoms with E-state index in [2.05, 4.69) is 31.9 Å². The topological polar surface area (TPSA) is 63.7 Å². The van der Waals surface area contributed by atoms with E-state index >= 15 is 0 Å². The van der Waals surface area contributed by atoms with E-state index in [0.717, 1.165) is 97.5 Å². The summed E-state index contributed by atoms with van der Waals surface area (Å²) in [7, 11) is 1.86. The maximum absolute atomic E-state index is 12.5. The lowest BCUT2D eigenvalue weighted by Gasteiger charge is -2.37. The van der Waals surface area contributed by atoms with Gasteiger partial charge in [0.05, 0.1) is 19.8 Å². The third-order valence-electron chi connectivity index (χ3n) is 6.23. The summed E-state index contributed by atoms with van der Waals surface area (Å²) in [5.41, 5.74) is 0. The summed E-state index contributed by atoms with van der Waals surface area (Å²) in [4.78, 5) is 26.1. The molecule has 0 saturated carbocycles. The number of hydrogen-bond acceptors (Lipinski definition) is 5. The highest BCUT2D eigenvalue weighted by atomic mass is 127. The van der Waals surface area contributed by atoms with Gasteiger partial charge in [-0.15, -0.1) is 24.0 Å². The molecule has 1 atom stereocenters. The van der Waals surface area contributed by atoms with Crippen molar-refractivity contribution in [2.75, 3.05) is 92.3 Å². The Morgan fingerprint density at radius 3 is 2.23 bits per heavy atom. The lowest BCUT2D eigenvalue weighted by Crippen LogP contribution is -2.55. The van der Waals surface area contributed by atoms with Crippen LogP contribution in [0, 0.1) is 5.92 Å². The minimum absolute atomic E-state index is 0. The summed E-state index contributed by atoms with van der Waals surface area (Å²) in [5, 5.41) is 3.56. The lowest BCUT2D eigenvalue weighted by molar-refractivity contribution is -0.133. The standard InChI is InChI=1S/C21H40N6O2.HI/c1-19(17-25-12-14-29-15-13-25)16-23-21(22-2)27-10-8-24(9-11-27)18-20(28)26-6-4-3-5-7-26;/h19H,3-18H2,1-2H3,(H,22,23);1H. The Kier molecular flexibility index (Phi) is 11.7. The van der Waals surface area contributed by atoms with E-state index in [0.29, 0.717) is 18.4 Å². The highest BCUT2D eigenvalue weighted by Gasteiger charge is 2.24. The van der Waals surface area contributed by atoms with Crippen molar-refractivity contribution in [3.05, 3.63) is 0 Å². The number of halogens is 1. The fraction of sp³-hybridized carbons (Fsp3) is 0.905. The van der Waals surface area contributed by atoms with Gasteiger partial charge in [0.15, 0.2) is 5.96 Å². The molecule has 3 rings (SSSR count). The van der Waals surface area contributed by atoms with Crippen LogP contribution in [-0.2, 0) is 9.53 Å². The number of piperazine rings is 1. The summed E-state index contributed by atoms with van der Waals surface area (Å²) in [6.07, 6.45) is 3.58. The predicted octanol–water partition coefficient (Wildman–Crippen LogP) is 0.778. The smallest absolute Gasteiger partial charge is 0.236 e. The van der Waals surface area contributed by atoms with Gasteiger partial charge in [-0.05, 0) is 25.2 Å². The van der Waals surface area contributed by atoms with Crippen molar-refractivity contribution in [1.29, 1.82) is 0 Å². The van der Waals surface area contributed by atoms with Gasteiger partial charge < -0.3 is 19.9 Å². The molecule has 1 unspecified atom stereocenters. The molecule has 0 radical (unpaired) electrons. The molecule has 0 spiro atoms. The third-order valence-corrected chi connectivity index (χ3v) is 6.23. The summed E-state index contributed by atoms with van der Waals surface area (Å²) in [5.74, 6) is 1.85. The van der Waals surface area contributed by atoms with Crippen LogP contribution in [0.3, 0.4) is 0 Å². The van der Waals surface area contributed by atoms with Gasteiger partial charge in [0.25, 0.3) is 0 Å². The first-order chi connectivity index (χ1) is 14.2. The molecule has 0 aliphatic carbocycles. The molecule has 3 aliphatic rings. The zero-order valence-electron chi connectivity index (χ0n) is 18.9. The second-order valence-corrected chi connectivity index (χ2v) is 8.65. The van der Waals surface area contributed by atoms with Crippen molar-refractivity contribution in [2.24, 2.45) is 10.9 Å². The van der Waals surface area contributed by atoms with E-state index < -0.39 is 0 Å². The summed E-state index contributed by atoms with van der Waals surface area (Å²) >= 11 is 0. The molecular weight excluding hydrogens is 495 g/mol. The number of likely N-dealkylation sites (tertiary alicyclic amines) is 1. The molecule has 3 aliphatic heterocycles. The number of hydrogen-bond donors (Lipinski definition) is 1. The van der Waals surface area contributed by atoms with Gasteiger partial charge in [0, 0.05) is 72.5 Å². The van der Waals surface area contributed by atoms with Gasteiger partial charge in [-0.25, -0.2) is 0 Å². The number of carbonyl (C=O) groups is 1. The minimum Gasteiger partial charge on any atom is -0.379 e. The second-order valence-electron chi connectivity index (χ2n) is 8.65. The van der Waals surface area contributed by atoms with Crippen LogP contribution in [0.5, 0.6) is 0 Å². The van der Waals surface area contributed by atoms with Gasteiger partial charge in [-0.3, -0.25) is 19.6 Å². The molecule has 174 valence electrons. The lowest BCUT2D eigenvalue weighted by atomic mass is 10.1. The normalized spacial score (nSPS) is 23.1. The first-order valence-electron chi connectivity index (χ1n) is 11.4. The first kappa shape index (κ1) is 25.6. The Morgan fingerprint density at radius 1 is 0.933 bits per heavy atom. The average molecular weight is 537 g/mol. The summed E-state index contributed by atoms with van der Waals surface area (Å²) in [6, 6.07) is 0. The highest BCUT2D eigenvalue weighted by molar-refractivity contribution is 14.0. The molecule has 1 amide bonds. The molecule has 3 saturated heterocycles. The maximum Gasteiger partial charge on any atom is 0.236 e. The van der Waals surface area contributed by atoms with E-state index in [4.69, 9.17) is 4.74 Å². The van der Waals surface area contributed by atoms with Crippen molar-refractivity contribution in [3.63, 3.8) is 0 Å². The van der Waals surface area contributed by atoms with E-state index in [1.54, 1.807) is 0 Å². The molecule has 0 aromatic carbocycles. The average Bonchev–Trinajstić information content (AvgIpc) is 2.76. The Bertz CT molecular complexity index is 530. The van der Waals surface area contributed by atoms with Crippen molar-refractivity contribution in [1.82, 2.24) is 24.9 Å². The monoisotopic (exact) mass is 536 g/mol. The Balaban J connectivity index is 0.00000320. The fourth-order valence-corrected chi connectivity index (χ4v) is 4.44. The Hall–Kier alpha value is -0.650. The number of morpholine rings is 1. The number of rotatable bonds is 6. The Labute approximate surface area is 199 Å². The van der Waals surface area contributed by atoms with Gasteiger partial charge in [-0.1, -0.05) is 6.92 Å². The third kappa shape index (κ3) is 8.12. The fourth-order valence-electron chi connectivity index (χ4n) is 4.44. The largest absolute Gasteiger partial charge is 0.379 e. The van der Waals surface area contributed by atoms with Crippen LogP contribution in [0.15, 0.2) is 4.99 Å². The first-order valence-corrected chi connectivity index (χ1v) is 11.4. The van der Waals surface area contributed by atoms with Crippen molar-refractivity contribution >= 4 is 35.8 Å². The second kappa shape index (κ2) is 13.7. The molecule has 8 nitrogen and oxygen atoms in total. The van der Waals surface area contributed by atoms with Crippen LogP contribution in [0.1, 0.15) is 26.2 Å². The van der Waals surface area contributed by atoms with Gasteiger partial charge >= 0.3 is 0 Å². The van der Waals surface area contributed by atoms with Crippen molar-refractivity contribution in [2.45, 2.75) is 26.2 Å². The van der Waals surface area contributed by atoms with E-state index in [1.165, 1.54) is 6.42 Å². The molecule has 30 heavy (non-hydrogen) atoms. The molecule has 3 heterocycles. The minimum atomic E-state index is 0. The number of aliphatic imine (C=N–C) groups is 1. The number of carbonyl (C=O) groups excluding carboxylic acids is 1. The van der Waals surface area contributed by atoms with E-state index in [9.17, 15) is 4.79 Å². The van der Waals surface area contributed by atoms with Crippen LogP contribution in [-0.4, -0.2) is 124 Å². The van der Waals surface area contributed by atoms with Crippen LogP contribution < -0.4 is 5.32 Å². The number of nitrogens with one attached hydrogen (secondary N) is 1.